The Morgan fingerprint density at radius 2 is 2.24 bits per heavy atom. The van der Waals surface area contributed by atoms with Gasteiger partial charge in [-0.15, -0.1) is 0 Å². The number of carbonyl (C=O) groups excluding carboxylic acids is 1. The first-order valence-corrected chi connectivity index (χ1v) is 5.60. The van der Waals surface area contributed by atoms with Crippen LogP contribution < -0.4 is 4.74 Å². The lowest BCUT2D eigenvalue weighted by Crippen LogP contribution is -2.05. The number of carbonyl (C=O) groups is 1. The summed E-state index contributed by atoms with van der Waals surface area (Å²) in [6, 6.07) is 7.78. The number of hydrogen-bond acceptors (Lipinski definition) is 3. The van der Waals surface area contributed by atoms with Gasteiger partial charge in [-0.25, -0.2) is 0 Å². The molecule has 3 nitrogen and oxygen atoms in total. The Kier molecular flexibility index (Phi) is 2.25. The molecule has 0 saturated heterocycles. The number of furan rings is 1. The summed E-state index contributed by atoms with van der Waals surface area (Å²) in [5.41, 5.74) is 3.02. The van der Waals surface area contributed by atoms with Crippen molar-refractivity contribution in [2.75, 3.05) is 0 Å². The second kappa shape index (κ2) is 3.77. The van der Waals surface area contributed by atoms with Gasteiger partial charge in [0.1, 0.15) is 11.9 Å². The molecule has 2 heterocycles. The Bertz CT molecular complexity index is 569. The summed E-state index contributed by atoms with van der Waals surface area (Å²) >= 11 is 0. The van der Waals surface area contributed by atoms with Crippen LogP contribution in [-0.4, -0.2) is 12.4 Å². The number of hydrogen-bond donors (Lipinski definition) is 0. The molecule has 1 unspecified atom stereocenters. The van der Waals surface area contributed by atoms with Gasteiger partial charge in [-0.2, -0.15) is 0 Å². The SMILES string of the molecule is CC1Cc2cc(-c3ccoc3C=O)ccc2O1. The van der Waals surface area contributed by atoms with Crippen molar-refractivity contribution in [1.82, 2.24) is 0 Å². The van der Waals surface area contributed by atoms with Crippen LogP contribution in [-0.2, 0) is 6.42 Å². The van der Waals surface area contributed by atoms with Gasteiger partial charge < -0.3 is 9.15 Å². The maximum atomic E-state index is 10.8. The second-order valence-electron chi connectivity index (χ2n) is 4.27. The smallest absolute Gasteiger partial charge is 0.185 e. The summed E-state index contributed by atoms with van der Waals surface area (Å²) in [4.78, 5) is 10.8. The molecule has 0 radical (unpaired) electrons. The van der Waals surface area contributed by atoms with Crippen LogP contribution >= 0.6 is 0 Å². The molecule has 1 aliphatic heterocycles. The molecule has 1 atom stereocenters. The van der Waals surface area contributed by atoms with E-state index >= 15 is 0 Å². The minimum atomic E-state index is 0.232. The van der Waals surface area contributed by atoms with Gasteiger partial charge >= 0.3 is 0 Å². The molecule has 1 aromatic heterocycles. The highest BCUT2D eigenvalue weighted by Gasteiger charge is 2.20. The highest BCUT2D eigenvalue weighted by Crippen LogP contribution is 2.33. The molecule has 2 aromatic rings. The van der Waals surface area contributed by atoms with Crippen molar-refractivity contribution < 1.29 is 13.9 Å². The van der Waals surface area contributed by atoms with Crippen LogP contribution in [0.2, 0.25) is 0 Å². The molecule has 86 valence electrons. The number of aldehydes is 1. The van der Waals surface area contributed by atoms with E-state index in [2.05, 4.69) is 6.07 Å². The van der Waals surface area contributed by atoms with Crippen molar-refractivity contribution in [2.24, 2.45) is 0 Å². The standard InChI is InChI=1S/C14H12O3/c1-9-6-11-7-10(2-3-13(11)17-9)12-4-5-16-14(12)8-15/h2-5,7-9H,6H2,1H3. The zero-order valence-electron chi connectivity index (χ0n) is 9.47. The third-order valence-corrected chi connectivity index (χ3v) is 3.01. The third kappa shape index (κ3) is 1.64. The van der Waals surface area contributed by atoms with Crippen molar-refractivity contribution >= 4 is 6.29 Å². The lowest BCUT2D eigenvalue weighted by molar-refractivity contribution is 0.110. The van der Waals surface area contributed by atoms with Crippen LogP contribution in [0.1, 0.15) is 23.0 Å². The highest BCUT2D eigenvalue weighted by atomic mass is 16.5. The van der Waals surface area contributed by atoms with E-state index in [4.69, 9.17) is 9.15 Å². The van der Waals surface area contributed by atoms with E-state index in [1.165, 1.54) is 11.8 Å². The van der Waals surface area contributed by atoms with Crippen molar-refractivity contribution in [2.45, 2.75) is 19.4 Å². The van der Waals surface area contributed by atoms with E-state index in [0.29, 0.717) is 5.76 Å². The van der Waals surface area contributed by atoms with Gasteiger partial charge in [0, 0.05) is 12.0 Å². The molecular formula is C14H12O3. The zero-order chi connectivity index (χ0) is 11.8. The van der Waals surface area contributed by atoms with E-state index in [0.717, 1.165) is 29.6 Å². The summed E-state index contributed by atoms with van der Waals surface area (Å²) < 4.78 is 10.8. The van der Waals surface area contributed by atoms with E-state index in [9.17, 15) is 4.79 Å². The summed E-state index contributed by atoms with van der Waals surface area (Å²) in [6.45, 7) is 2.05. The Hall–Kier alpha value is -2.03. The molecule has 0 aliphatic carbocycles. The Morgan fingerprint density at radius 3 is 3.06 bits per heavy atom. The van der Waals surface area contributed by atoms with Crippen LogP contribution in [0.4, 0.5) is 0 Å². The first-order chi connectivity index (χ1) is 8.28. The van der Waals surface area contributed by atoms with E-state index < -0.39 is 0 Å². The van der Waals surface area contributed by atoms with E-state index in [-0.39, 0.29) is 6.10 Å². The van der Waals surface area contributed by atoms with Gasteiger partial charge in [-0.1, -0.05) is 6.07 Å². The van der Waals surface area contributed by atoms with Crippen LogP contribution in [0.3, 0.4) is 0 Å². The Morgan fingerprint density at radius 1 is 1.35 bits per heavy atom. The van der Waals surface area contributed by atoms with Gasteiger partial charge in [0.15, 0.2) is 12.0 Å². The molecule has 0 amide bonds. The summed E-state index contributed by atoms with van der Waals surface area (Å²) in [5, 5.41) is 0. The topological polar surface area (TPSA) is 39.4 Å². The lowest BCUT2D eigenvalue weighted by atomic mass is 10.0. The van der Waals surface area contributed by atoms with E-state index in [1.807, 2.05) is 25.1 Å². The normalized spacial score (nSPS) is 17.6. The maximum absolute atomic E-state index is 10.8. The summed E-state index contributed by atoms with van der Waals surface area (Å²) in [6.07, 6.45) is 3.42. The van der Waals surface area contributed by atoms with E-state index in [1.54, 1.807) is 0 Å². The Labute approximate surface area is 99.0 Å². The largest absolute Gasteiger partial charge is 0.490 e. The molecule has 1 aromatic carbocycles. The molecule has 0 spiro atoms. The third-order valence-electron chi connectivity index (χ3n) is 3.01. The Balaban J connectivity index is 2.06. The minimum Gasteiger partial charge on any atom is -0.490 e. The predicted octanol–water partition coefficient (Wildman–Crippen LogP) is 3.08. The van der Waals surface area contributed by atoms with Crippen molar-refractivity contribution in [3.05, 3.63) is 41.9 Å². The monoisotopic (exact) mass is 228 g/mol. The fraction of sp³-hybridized carbons (Fsp3) is 0.214. The molecule has 0 bridgehead atoms. The highest BCUT2D eigenvalue weighted by molar-refractivity contribution is 5.84. The van der Waals surface area contributed by atoms with Crippen LogP contribution in [0.25, 0.3) is 11.1 Å². The second-order valence-corrected chi connectivity index (χ2v) is 4.27. The van der Waals surface area contributed by atoms with Crippen molar-refractivity contribution in [3.63, 3.8) is 0 Å². The molecule has 3 heteroatoms. The molecule has 0 N–H and O–H groups in total. The first kappa shape index (κ1) is 10.1. The molecule has 0 fully saturated rings. The fourth-order valence-electron chi connectivity index (χ4n) is 2.24. The predicted molar refractivity (Wildman–Crippen MR) is 63.3 cm³/mol. The summed E-state index contributed by atoms with van der Waals surface area (Å²) in [7, 11) is 0. The first-order valence-electron chi connectivity index (χ1n) is 5.60. The average Bonchev–Trinajstić information content (AvgIpc) is 2.91. The quantitative estimate of drug-likeness (QED) is 0.741. The molecule has 17 heavy (non-hydrogen) atoms. The maximum Gasteiger partial charge on any atom is 0.185 e. The van der Waals surface area contributed by atoms with Crippen molar-refractivity contribution in [1.29, 1.82) is 0 Å². The summed E-state index contributed by atoms with van der Waals surface area (Å²) in [5.74, 6) is 1.31. The van der Waals surface area contributed by atoms with Gasteiger partial charge in [-0.3, -0.25) is 4.79 Å². The van der Waals surface area contributed by atoms with Gasteiger partial charge in [0.05, 0.1) is 6.26 Å². The minimum absolute atomic E-state index is 0.232. The number of ether oxygens (including phenoxy) is 1. The fourth-order valence-corrected chi connectivity index (χ4v) is 2.24. The lowest BCUT2D eigenvalue weighted by Gasteiger charge is -2.03. The van der Waals surface area contributed by atoms with Crippen LogP contribution in [0.15, 0.2) is 34.9 Å². The number of rotatable bonds is 2. The van der Waals surface area contributed by atoms with Crippen molar-refractivity contribution in [3.8, 4) is 16.9 Å². The van der Waals surface area contributed by atoms with Gasteiger partial charge in [-0.05, 0) is 36.2 Å². The molecular weight excluding hydrogens is 216 g/mol. The molecule has 0 saturated carbocycles. The van der Waals surface area contributed by atoms with Gasteiger partial charge in [0.2, 0.25) is 0 Å². The molecule has 3 rings (SSSR count). The number of fused-ring (bicyclic) bond motifs is 1. The molecule has 1 aliphatic rings. The zero-order valence-corrected chi connectivity index (χ0v) is 9.47. The number of benzene rings is 1. The van der Waals surface area contributed by atoms with Crippen LogP contribution in [0.5, 0.6) is 5.75 Å². The van der Waals surface area contributed by atoms with Crippen LogP contribution in [0, 0.1) is 0 Å². The average molecular weight is 228 g/mol. The van der Waals surface area contributed by atoms with Gasteiger partial charge in [0.25, 0.3) is 0 Å².